The van der Waals surface area contributed by atoms with E-state index in [1.54, 1.807) is 0 Å². The molecule has 0 radical (unpaired) electrons. The van der Waals surface area contributed by atoms with Gasteiger partial charge in [-0.3, -0.25) is 4.79 Å². The molecule has 2 heterocycles. The number of para-hydroxylation sites is 2. The van der Waals surface area contributed by atoms with Crippen molar-refractivity contribution in [2.45, 2.75) is 44.6 Å². The van der Waals surface area contributed by atoms with Crippen LogP contribution in [0.4, 0.5) is 0 Å². The lowest BCUT2D eigenvalue weighted by Crippen LogP contribution is -2.53. The molecule has 2 N–H and O–H groups in total. The largest absolute Gasteiger partial charge is 0.393 e. The van der Waals surface area contributed by atoms with Crippen molar-refractivity contribution >= 4 is 16.9 Å². The quantitative estimate of drug-likeness (QED) is 0.913. The fraction of sp³-hybridized carbons (Fsp3) is 0.556. The number of aromatic amines is 1. The van der Waals surface area contributed by atoms with Crippen LogP contribution in [0.15, 0.2) is 24.3 Å². The fourth-order valence-corrected chi connectivity index (χ4v) is 3.97. The van der Waals surface area contributed by atoms with Crippen molar-refractivity contribution in [1.29, 1.82) is 0 Å². The van der Waals surface area contributed by atoms with Gasteiger partial charge in [0.05, 0.1) is 17.1 Å². The molecule has 2 aromatic rings. The Morgan fingerprint density at radius 2 is 2.09 bits per heavy atom. The molecule has 5 nitrogen and oxygen atoms in total. The Bertz CT molecular complexity index is 683. The molecule has 1 aliphatic heterocycles. The van der Waals surface area contributed by atoms with Gasteiger partial charge in [0.2, 0.25) is 5.91 Å². The third kappa shape index (κ3) is 2.63. The van der Waals surface area contributed by atoms with E-state index in [1.165, 1.54) is 0 Å². The van der Waals surface area contributed by atoms with Crippen molar-refractivity contribution in [1.82, 2.24) is 14.9 Å². The molecule has 1 aliphatic carbocycles. The van der Waals surface area contributed by atoms with Gasteiger partial charge in [0.15, 0.2) is 0 Å². The lowest BCUT2D eigenvalue weighted by atomic mass is 9.61. The first-order chi connectivity index (χ1) is 11.2. The molecule has 1 saturated heterocycles. The summed E-state index contributed by atoms with van der Waals surface area (Å²) in [7, 11) is 0. The van der Waals surface area contributed by atoms with Gasteiger partial charge in [-0.2, -0.15) is 0 Å². The molecule has 0 bridgehead atoms. The second-order valence-electron chi connectivity index (χ2n) is 7.00. The summed E-state index contributed by atoms with van der Waals surface area (Å²) >= 11 is 0. The van der Waals surface area contributed by atoms with Crippen LogP contribution in [-0.2, 0) is 11.2 Å². The molecule has 23 heavy (non-hydrogen) atoms. The van der Waals surface area contributed by atoms with Crippen molar-refractivity contribution < 1.29 is 9.90 Å². The molecule has 1 atom stereocenters. The number of aliphatic hydroxyl groups is 1. The summed E-state index contributed by atoms with van der Waals surface area (Å²) in [5, 5.41) is 9.95. The van der Waals surface area contributed by atoms with Crippen LogP contribution in [0.1, 0.15) is 37.9 Å². The number of rotatable bonds is 3. The molecule has 122 valence electrons. The van der Waals surface area contributed by atoms with Crippen LogP contribution < -0.4 is 0 Å². The highest BCUT2D eigenvalue weighted by atomic mass is 16.3. The molecule has 2 fully saturated rings. The third-order valence-electron chi connectivity index (χ3n) is 5.75. The summed E-state index contributed by atoms with van der Waals surface area (Å²) in [4.78, 5) is 22.2. The van der Waals surface area contributed by atoms with Crippen LogP contribution >= 0.6 is 0 Å². The van der Waals surface area contributed by atoms with Gasteiger partial charge in [-0.05, 0) is 43.2 Å². The molecular formula is C18H23N3O2. The first kappa shape index (κ1) is 14.7. The van der Waals surface area contributed by atoms with Gasteiger partial charge in [-0.25, -0.2) is 4.98 Å². The van der Waals surface area contributed by atoms with Gasteiger partial charge < -0.3 is 15.0 Å². The second-order valence-corrected chi connectivity index (χ2v) is 7.00. The summed E-state index contributed by atoms with van der Waals surface area (Å²) in [5.41, 5.74) is 2.10. The fourth-order valence-electron chi connectivity index (χ4n) is 3.97. The van der Waals surface area contributed by atoms with Crippen LogP contribution in [-0.4, -0.2) is 45.1 Å². The topological polar surface area (TPSA) is 69.2 Å². The Morgan fingerprint density at radius 3 is 2.74 bits per heavy atom. The van der Waals surface area contributed by atoms with Crippen molar-refractivity contribution in [3.63, 3.8) is 0 Å². The average molecular weight is 313 g/mol. The maximum atomic E-state index is 12.4. The van der Waals surface area contributed by atoms with Crippen molar-refractivity contribution in [3.05, 3.63) is 30.1 Å². The molecule has 1 spiro atoms. The van der Waals surface area contributed by atoms with E-state index in [0.717, 1.165) is 55.6 Å². The Labute approximate surface area is 135 Å². The lowest BCUT2D eigenvalue weighted by molar-refractivity contribution is -0.141. The summed E-state index contributed by atoms with van der Waals surface area (Å²) in [6.45, 7) is 1.58. The Kier molecular flexibility index (Phi) is 3.60. The predicted molar refractivity (Wildman–Crippen MR) is 87.9 cm³/mol. The summed E-state index contributed by atoms with van der Waals surface area (Å²) in [5.74, 6) is 1.08. The number of benzene rings is 1. The molecule has 1 saturated carbocycles. The molecule has 1 unspecified atom stereocenters. The minimum atomic E-state index is -0.143. The summed E-state index contributed by atoms with van der Waals surface area (Å²) in [6.07, 6.45) is 4.95. The van der Waals surface area contributed by atoms with E-state index in [0.29, 0.717) is 12.8 Å². The number of H-pyrrole nitrogens is 1. The number of carbonyl (C=O) groups excluding carboxylic acids is 1. The zero-order valence-electron chi connectivity index (χ0n) is 13.3. The number of hydrogen-bond donors (Lipinski definition) is 2. The highest BCUT2D eigenvalue weighted by molar-refractivity contribution is 5.77. The van der Waals surface area contributed by atoms with Gasteiger partial charge in [-0.15, -0.1) is 0 Å². The van der Waals surface area contributed by atoms with Gasteiger partial charge in [-0.1, -0.05) is 12.1 Å². The lowest BCUT2D eigenvalue weighted by Gasteiger charge is -2.51. The van der Waals surface area contributed by atoms with Crippen molar-refractivity contribution in [3.8, 4) is 0 Å². The third-order valence-corrected chi connectivity index (χ3v) is 5.75. The number of carbonyl (C=O) groups is 1. The Morgan fingerprint density at radius 1 is 1.30 bits per heavy atom. The summed E-state index contributed by atoms with van der Waals surface area (Å²) < 4.78 is 0. The zero-order valence-corrected chi connectivity index (χ0v) is 13.3. The molecular weight excluding hydrogens is 290 g/mol. The van der Waals surface area contributed by atoms with E-state index < -0.39 is 0 Å². The van der Waals surface area contributed by atoms with Crippen molar-refractivity contribution in [2.75, 3.05) is 13.1 Å². The van der Waals surface area contributed by atoms with Gasteiger partial charge in [0.1, 0.15) is 5.82 Å². The number of nitrogens with zero attached hydrogens (tertiary/aromatic N) is 2. The molecule has 1 amide bonds. The minimum Gasteiger partial charge on any atom is -0.393 e. The first-order valence-corrected chi connectivity index (χ1v) is 8.56. The normalized spacial score (nSPS) is 23.2. The maximum absolute atomic E-state index is 12.4. The monoisotopic (exact) mass is 313 g/mol. The van der Waals surface area contributed by atoms with E-state index in [4.69, 9.17) is 0 Å². The first-order valence-electron chi connectivity index (χ1n) is 8.56. The van der Waals surface area contributed by atoms with E-state index in [-0.39, 0.29) is 17.4 Å². The standard InChI is InChI=1S/C18H23N3O2/c22-15-7-8-18(15)9-11-21(12-10-18)17(23)6-5-16-19-13-3-1-2-4-14(13)20-16/h1-4,15,22H,5-12H2,(H,19,20). The highest BCUT2D eigenvalue weighted by Gasteiger charge is 2.47. The van der Waals surface area contributed by atoms with E-state index >= 15 is 0 Å². The molecule has 5 heteroatoms. The second kappa shape index (κ2) is 5.64. The maximum Gasteiger partial charge on any atom is 0.223 e. The number of fused-ring (bicyclic) bond motifs is 1. The number of hydrogen-bond acceptors (Lipinski definition) is 3. The number of aryl methyl sites for hydroxylation is 1. The van der Waals surface area contributed by atoms with Gasteiger partial charge in [0, 0.05) is 25.9 Å². The van der Waals surface area contributed by atoms with Crippen molar-refractivity contribution in [2.24, 2.45) is 5.41 Å². The number of imidazole rings is 1. The van der Waals surface area contributed by atoms with E-state index in [2.05, 4.69) is 9.97 Å². The van der Waals surface area contributed by atoms with Gasteiger partial charge in [0.25, 0.3) is 0 Å². The van der Waals surface area contributed by atoms with Crippen LogP contribution in [0.5, 0.6) is 0 Å². The van der Waals surface area contributed by atoms with Crippen LogP contribution in [0, 0.1) is 5.41 Å². The number of amides is 1. The van der Waals surface area contributed by atoms with Crippen LogP contribution in [0.3, 0.4) is 0 Å². The number of aromatic nitrogens is 2. The van der Waals surface area contributed by atoms with Crippen LogP contribution in [0.2, 0.25) is 0 Å². The molecule has 1 aromatic carbocycles. The Hall–Kier alpha value is -1.88. The summed E-state index contributed by atoms with van der Waals surface area (Å²) in [6, 6.07) is 7.93. The number of likely N-dealkylation sites (tertiary alicyclic amines) is 1. The molecule has 2 aliphatic rings. The molecule has 1 aromatic heterocycles. The predicted octanol–water partition coefficient (Wildman–Crippen LogP) is 2.26. The Balaban J connectivity index is 1.32. The average Bonchev–Trinajstić information content (AvgIpc) is 3.01. The zero-order chi connectivity index (χ0) is 15.9. The van der Waals surface area contributed by atoms with E-state index in [1.807, 2.05) is 29.2 Å². The number of piperidine rings is 1. The number of nitrogens with one attached hydrogen (secondary N) is 1. The van der Waals surface area contributed by atoms with E-state index in [9.17, 15) is 9.90 Å². The van der Waals surface area contributed by atoms with Gasteiger partial charge >= 0.3 is 0 Å². The SMILES string of the molecule is O=C(CCc1nc2ccccc2[nH]1)N1CCC2(CCC2O)CC1. The highest BCUT2D eigenvalue weighted by Crippen LogP contribution is 2.49. The van der Waals surface area contributed by atoms with Crippen LogP contribution in [0.25, 0.3) is 11.0 Å². The molecule has 4 rings (SSSR count). The minimum absolute atomic E-state index is 0.121. The smallest absolute Gasteiger partial charge is 0.223 e. The number of aliphatic hydroxyl groups excluding tert-OH is 1.